The Bertz CT molecular complexity index is 943. The van der Waals surface area contributed by atoms with Crippen molar-refractivity contribution < 1.29 is 23.8 Å². The normalized spacial score (nSPS) is 18.1. The fraction of sp³-hybridized carbons (Fsp3) is 0.417. The van der Waals surface area contributed by atoms with E-state index in [2.05, 4.69) is 5.32 Å². The zero-order chi connectivity index (χ0) is 22.5. The predicted octanol–water partition coefficient (Wildman–Crippen LogP) is 3.09. The lowest BCUT2D eigenvalue weighted by molar-refractivity contribution is -0.125. The molecule has 2 atom stereocenters. The Morgan fingerprint density at radius 3 is 2.32 bits per heavy atom. The maximum absolute atomic E-state index is 13.2. The van der Waals surface area contributed by atoms with Gasteiger partial charge in [0.2, 0.25) is 5.91 Å². The summed E-state index contributed by atoms with van der Waals surface area (Å²) in [6.07, 6.45) is 0. The van der Waals surface area contributed by atoms with Gasteiger partial charge >= 0.3 is 0 Å². The van der Waals surface area contributed by atoms with Crippen LogP contribution >= 0.6 is 0 Å². The number of hydrogen-bond donors (Lipinski definition) is 1. The van der Waals surface area contributed by atoms with E-state index in [4.69, 9.17) is 14.2 Å². The Labute approximate surface area is 183 Å². The number of nitrogens with zero attached hydrogens (tertiary/aromatic N) is 1. The molecule has 1 N–H and O–H groups in total. The summed E-state index contributed by atoms with van der Waals surface area (Å²) in [5, 5.41) is 3.00. The van der Waals surface area contributed by atoms with Crippen molar-refractivity contribution in [2.45, 2.75) is 25.8 Å². The van der Waals surface area contributed by atoms with Crippen molar-refractivity contribution in [1.82, 2.24) is 10.2 Å². The highest BCUT2D eigenvalue weighted by atomic mass is 16.5. The lowest BCUT2D eigenvalue weighted by Crippen LogP contribution is -2.39. The number of hydrogen-bond acceptors (Lipinski definition) is 5. The van der Waals surface area contributed by atoms with Crippen LogP contribution in [-0.2, 0) is 4.79 Å². The molecule has 31 heavy (non-hydrogen) atoms. The highest BCUT2D eigenvalue weighted by molar-refractivity contribution is 5.95. The highest BCUT2D eigenvalue weighted by Crippen LogP contribution is 2.40. The Kier molecular flexibility index (Phi) is 7.05. The Balaban J connectivity index is 1.96. The number of carbonyl (C=O) groups excluding carboxylic acids is 2. The van der Waals surface area contributed by atoms with E-state index >= 15 is 0 Å². The minimum absolute atomic E-state index is 0.00323. The van der Waals surface area contributed by atoms with Crippen LogP contribution < -0.4 is 19.5 Å². The molecule has 7 nitrogen and oxygen atoms in total. The lowest BCUT2D eigenvalue weighted by Gasteiger charge is -2.22. The van der Waals surface area contributed by atoms with Gasteiger partial charge in [0.1, 0.15) is 17.2 Å². The molecule has 0 aliphatic carbocycles. The second-order valence-corrected chi connectivity index (χ2v) is 7.93. The molecule has 0 saturated carbocycles. The van der Waals surface area contributed by atoms with Gasteiger partial charge in [0.05, 0.1) is 27.2 Å². The fourth-order valence-corrected chi connectivity index (χ4v) is 4.01. The monoisotopic (exact) mass is 426 g/mol. The zero-order valence-corrected chi connectivity index (χ0v) is 18.7. The summed E-state index contributed by atoms with van der Waals surface area (Å²) in [5.41, 5.74) is 1.38. The average molecular weight is 427 g/mol. The second kappa shape index (κ2) is 9.73. The fourth-order valence-electron chi connectivity index (χ4n) is 4.01. The van der Waals surface area contributed by atoms with E-state index in [1.54, 1.807) is 50.5 Å². The molecule has 1 fully saturated rings. The first-order valence-corrected chi connectivity index (χ1v) is 10.3. The molecule has 3 rings (SSSR count). The van der Waals surface area contributed by atoms with Crippen LogP contribution in [-0.4, -0.2) is 57.2 Å². The molecule has 1 aliphatic rings. The highest BCUT2D eigenvalue weighted by Gasteiger charge is 2.42. The largest absolute Gasteiger partial charge is 0.497 e. The van der Waals surface area contributed by atoms with E-state index < -0.39 is 5.92 Å². The summed E-state index contributed by atoms with van der Waals surface area (Å²) in [4.78, 5) is 28.0. The van der Waals surface area contributed by atoms with Crippen LogP contribution in [0.25, 0.3) is 0 Å². The SMILES string of the molecule is COc1cccc(C(=O)N2C[C@H](C(=O)NC(C)C)[C@H](c3cc(OC)ccc3OC)C2)c1. The third-order valence-electron chi connectivity index (χ3n) is 5.53. The first-order valence-electron chi connectivity index (χ1n) is 10.3. The molecule has 0 bridgehead atoms. The van der Waals surface area contributed by atoms with Crippen LogP contribution in [0.4, 0.5) is 0 Å². The number of ether oxygens (including phenoxy) is 3. The van der Waals surface area contributed by atoms with Gasteiger partial charge in [0.15, 0.2) is 0 Å². The van der Waals surface area contributed by atoms with Gasteiger partial charge in [-0.25, -0.2) is 0 Å². The summed E-state index contributed by atoms with van der Waals surface area (Å²) in [5.74, 6) is 1.12. The van der Waals surface area contributed by atoms with E-state index in [-0.39, 0.29) is 23.8 Å². The number of likely N-dealkylation sites (tertiary alicyclic amines) is 1. The Hall–Kier alpha value is -3.22. The van der Waals surface area contributed by atoms with E-state index in [9.17, 15) is 9.59 Å². The van der Waals surface area contributed by atoms with E-state index in [1.165, 1.54) is 0 Å². The van der Waals surface area contributed by atoms with Gasteiger partial charge in [0.25, 0.3) is 5.91 Å². The van der Waals surface area contributed by atoms with Crippen molar-refractivity contribution in [3.05, 3.63) is 53.6 Å². The molecule has 0 spiro atoms. The van der Waals surface area contributed by atoms with Gasteiger partial charge in [-0.15, -0.1) is 0 Å². The third-order valence-corrected chi connectivity index (χ3v) is 5.53. The van der Waals surface area contributed by atoms with Gasteiger partial charge in [-0.2, -0.15) is 0 Å². The number of carbonyl (C=O) groups is 2. The van der Waals surface area contributed by atoms with Crippen LogP contribution in [0.2, 0.25) is 0 Å². The molecular formula is C24H30N2O5. The minimum atomic E-state index is -0.405. The van der Waals surface area contributed by atoms with Gasteiger partial charge in [-0.05, 0) is 50.2 Å². The van der Waals surface area contributed by atoms with Crippen molar-refractivity contribution in [3.63, 3.8) is 0 Å². The van der Waals surface area contributed by atoms with Gasteiger partial charge in [-0.3, -0.25) is 9.59 Å². The molecule has 0 unspecified atom stereocenters. The minimum Gasteiger partial charge on any atom is -0.497 e. The number of amides is 2. The van der Waals surface area contributed by atoms with Crippen LogP contribution in [0.5, 0.6) is 17.2 Å². The van der Waals surface area contributed by atoms with E-state index in [0.29, 0.717) is 35.9 Å². The number of rotatable bonds is 7. The molecule has 1 aliphatic heterocycles. The number of benzene rings is 2. The average Bonchev–Trinajstić information content (AvgIpc) is 3.23. The smallest absolute Gasteiger partial charge is 0.254 e. The molecule has 7 heteroatoms. The standard InChI is InChI=1S/C24H30N2O5/c1-15(2)25-23(27)21-14-26(24(28)16-7-6-8-17(11-16)29-3)13-20(21)19-12-18(30-4)9-10-22(19)31-5/h6-12,15,20-21H,13-14H2,1-5H3,(H,25,27)/t20-,21-/m0/s1. The topological polar surface area (TPSA) is 77.1 Å². The molecular weight excluding hydrogens is 396 g/mol. The van der Waals surface area contributed by atoms with Crippen LogP contribution in [0.15, 0.2) is 42.5 Å². The maximum atomic E-state index is 13.2. The quantitative estimate of drug-likeness (QED) is 0.736. The molecule has 0 aromatic heterocycles. The predicted molar refractivity (Wildman–Crippen MR) is 118 cm³/mol. The summed E-state index contributed by atoms with van der Waals surface area (Å²) >= 11 is 0. The molecule has 2 amide bonds. The van der Waals surface area contributed by atoms with Crippen LogP contribution in [0, 0.1) is 5.92 Å². The number of nitrogens with one attached hydrogen (secondary N) is 1. The molecule has 2 aromatic carbocycles. The summed E-state index contributed by atoms with van der Waals surface area (Å²) < 4.78 is 16.2. The molecule has 1 saturated heterocycles. The van der Waals surface area contributed by atoms with Crippen molar-refractivity contribution in [2.75, 3.05) is 34.4 Å². The molecule has 166 valence electrons. The first-order chi connectivity index (χ1) is 14.9. The Morgan fingerprint density at radius 1 is 0.968 bits per heavy atom. The first kappa shape index (κ1) is 22.5. The van der Waals surface area contributed by atoms with E-state index in [1.807, 2.05) is 32.0 Å². The molecule has 0 radical (unpaired) electrons. The van der Waals surface area contributed by atoms with Crippen LogP contribution in [0.3, 0.4) is 0 Å². The zero-order valence-electron chi connectivity index (χ0n) is 18.7. The second-order valence-electron chi connectivity index (χ2n) is 7.93. The van der Waals surface area contributed by atoms with Crippen molar-refractivity contribution in [2.24, 2.45) is 5.92 Å². The van der Waals surface area contributed by atoms with Gasteiger partial charge in [-0.1, -0.05) is 6.07 Å². The summed E-state index contributed by atoms with van der Waals surface area (Å²) in [6, 6.07) is 12.6. The van der Waals surface area contributed by atoms with Gasteiger partial charge < -0.3 is 24.4 Å². The summed E-state index contributed by atoms with van der Waals surface area (Å²) in [6.45, 7) is 4.57. The Morgan fingerprint density at radius 2 is 1.68 bits per heavy atom. The van der Waals surface area contributed by atoms with Crippen LogP contribution in [0.1, 0.15) is 35.7 Å². The maximum Gasteiger partial charge on any atom is 0.254 e. The van der Waals surface area contributed by atoms with Crippen molar-refractivity contribution in [1.29, 1.82) is 0 Å². The number of methoxy groups -OCH3 is 3. The van der Waals surface area contributed by atoms with Crippen molar-refractivity contribution >= 4 is 11.8 Å². The van der Waals surface area contributed by atoms with E-state index in [0.717, 1.165) is 5.56 Å². The van der Waals surface area contributed by atoms with Gasteiger partial charge in [0, 0.05) is 36.2 Å². The van der Waals surface area contributed by atoms with Crippen molar-refractivity contribution in [3.8, 4) is 17.2 Å². The molecule has 2 aromatic rings. The third kappa shape index (κ3) is 4.93. The summed E-state index contributed by atoms with van der Waals surface area (Å²) in [7, 11) is 4.77. The lowest BCUT2D eigenvalue weighted by atomic mass is 9.87. The molecule has 1 heterocycles.